The van der Waals surface area contributed by atoms with Crippen LogP contribution in [0.25, 0.3) is 0 Å². The number of guanidine groups is 1. The summed E-state index contributed by atoms with van der Waals surface area (Å²) in [6.07, 6.45) is 0. The second kappa shape index (κ2) is 10.9. The quantitative estimate of drug-likeness (QED) is 0.322. The van der Waals surface area contributed by atoms with Gasteiger partial charge in [-0.3, -0.25) is 4.99 Å². The van der Waals surface area contributed by atoms with Crippen molar-refractivity contribution >= 4 is 29.9 Å². The fourth-order valence-corrected chi connectivity index (χ4v) is 2.08. The lowest BCUT2D eigenvalue weighted by Crippen LogP contribution is -2.40. The van der Waals surface area contributed by atoms with Gasteiger partial charge in [0.25, 0.3) is 0 Å². The fraction of sp³-hybridized carbons (Fsp3) is 0.278. The third kappa shape index (κ3) is 6.90. The molecule has 2 rings (SSSR count). The van der Waals surface area contributed by atoms with E-state index in [9.17, 15) is 0 Å². The number of aliphatic imine (C=N–C) groups is 1. The summed E-state index contributed by atoms with van der Waals surface area (Å²) in [7, 11) is 1.77. The lowest BCUT2D eigenvalue weighted by Gasteiger charge is -2.18. The molecule has 0 amide bonds. The molecule has 0 fully saturated rings. The topological polar surface area (TPSA) is 45.7 Å². The van der Waals surface area contributed by atoms with E-state index in [1.54, 1.807) is 7.05 Å². The SMILES string of the molecule is CN=C(NCCOc1ccccc1)NC(C)c1ccccc1.I. The van der Waals surface area contributed by atoms with E-state index in [-0.39, 0.29) is 30.0 Å². The predicted octanol–water partition coefficient (Wildman–Crippen LogP) is 3.61. The summed E-state index contributed by atoms with van der Waals surface area (Å²) >= 11 is 0. The van der Waals surface area contributed by atoms with Crippen LogP contribution in [0.5, 0.6) is 5.75 Å². The highest BCUT2D eigenvalue weighted by molar-refractivity contribution is 14.0. The Morgan fingerprint density at radius 1 is 1.04 bits per heavy atom. The summed E-state index contributed by atoms with van der Waals surface area (Å²) in [6.45, 7) is 3.39. The number of hydrogen-bond donors (Lipinski definition) is 2. The maximum Gasteiger partial charge on any atom is 0.191 e. The molecule has 0 saturated heterocycles. The molecule has 23 heavy (non-hydrogen) atoms. The van der Waals surface area contributed by atoms with E-state index in [4.69, 9.17) is 4.74 Å². The molecule has 2 aromatic rings. The van der Waals surface area contributed by atoms with Gasteiger partial charge in [0.1, 0.15) is 12.4 Å². The molecule has 2 aromatic carbocycles. The standard InChI is InChI=1S/C18H23N3O.HI/c1-15(16-9-5-3-6-10-16)21-18(19-2)20-13-14-22-17-11-7-4-8-12-17;/h3-12,15H,13-14H2,1-2H3,(H2,19,20,21);1H. The minimum atomic E-state index is 0. The molecule has 0 radical (unpaired) electrons. The van der Waals surface area contributed by atoms with E-state index in [0.717, 1.165) is 11.7 Å². The molecule has 1 atom stereocenters. The van der Waals surface area contributed by atoms with Crippen LogP contribution >= 0.6 is 24.0 Å². The molecule has 0 saturated carbocycles. The van der Waals surface area contributed by atoms with Crippen molar-refractivity contribution < 1.29 is 4.74 Å². The first-order chi connectivity index (χ1) is 10.8. The van der Waals surface area contributed by atoms with Gasteiger partial charge >= 0.3 is 0 Å². The van der Waals surface area contributed by atoms with Crippen LogP contribution in [0, 0.1) is 0 Å². The molecule has 0 spiro atoms. The third-order valence-electron chi connectivity index (χ3n) is 3.28. The summed E-state index contributed by atoms with van der Waals surface area (Å²) < 4.78 is 5.65. The molecule has 0 bridgehead atoms. The Kier molecular flexibility index (Phi) is 9.12. The molecule has 0 aromatic heterocycles. The van der Waals surface area contributed by atoms with Crippen molar-refractivity contribution in [3.8, 4) is 5.75 Å². The fourth-order valence-electron chi connectivity index (χ4n) is 2.08. The number of ether oxygens (including phenoxy) is 1. The number of nitrogens with zero attached hydrogens (tertiary/aromatic N) is 1. The second-order valence-corrected chi connectivity index (χ2v) is 4.94. The zero-order valence-electron chi connectivity index (χ0n) is 13.5. The van der Waals surface area contributed by atoms with Crippen molar-refractivity contribution in [3.63, 3.8) is 0 Å². The van der Waals surface area contributed by atoms with Gasteiger partial charge in [0.15, 0.2) is 5.96 Å². The molecule has 124 valence electrons. The number of nitrogens with one attached hydrogen (secondary N) is 2. The van der Waals surface area contributed by atoms with Gasteiger partial charge < -0.3 is 15.4 Å². The lowest BCUT2D eigenvalue weighted by molar-refractivity contribution is 0.321. The summed E-state index contributed by atoms with van der Waals surface area (Å²) in [6, 6.07) is 20.3. The van der Waals surface area contributed by atoms with Crippen LogP contribution in [-0.2, 0) is 0 Å². The lowest BCUT2D eigenvalue weighted by atomic mass is 10.1. The monoisotopic (exact) mass is 425 g/mol. The Hall–Kier alpha value is -1.76. The van der Waals surface area contributed by atoms with Gasteiger partial charge in [0.2, 0.25) is 0 Å². The summed E-state index contributed by atoms with van der Waals surface area (Å²) in [4.78, 5) is 4.24. The smallest absolute Gasteiger partial charge is 0.191 e. The minimum Gasteiger partial charge on any atom is -0.492 e. The molecule has 0 heterocycles. The van der Waals surface area contributed by atoms with Crippen LogP contribution in [0.1, 0.15) is 18.5 Å². The Morgan fingerprint density at radius 2 is 1.65 bits per heavy atom. The van der Waals surface area contributed by atoms with Gasteiger partial charge in [-0.25, -0.2) is 0 Å². The van der Waals surface area contributed by atoms with Gasteiger partial charge in [-0.2, -0.15) is 0 Å². The van der Waals surface area contributed by atoms with Crippen molar-refractivity contribution in [2.24, 2.45) is 4.99 Å². The molecule has 5 heteroatoms. The van der Waals surface area contributed by atoms with E-state index in [1.165, 1.54) is 5.56 Å². The van der Waals surface area contributed by atoms with E-state index in [0.29, 0.717) is 13.2 Å². The van der Waals surface area contributed by atoms with Gasteiger partial charge in [-0.05, 0) is 24.6 Å². The number of rotatable bonds is 6. The average molecular weight is 425 g/mol. The summed E-state index contributed by atoms with van der Waals surface area (Å²) in [5.41, 5.74) is 1.23. The van der Waals surface area contributed by atoms with Crippen molar-refractivity contribution in [2.45, 2.75) is 13.0 Å². The van der Waals surface area contributed by atoms with Crippen LogP contribution in [-0.4, -0.2) is 26.2 Å². The largest absolute Gasteiger partial charge is 0.492 e. The number of halogens is 1. The molecule has 1 unspecified atom stereocenters. The first-order valence-electron chi connectivity index (χ1n) is 7.49. The predicted molar refractivity (Wildman–Crippen MR) is 107 cm³/mol. The number of para-hydroxylation sites is 1. The number of hydrogen-bond acceptors (Lipinski definition) is 2. The van der Waals surface area contributed by atoms with E-state index in [1.807, 2.05) is 48.5 Å². The first kappa shape index (κ1) is 19.3. The van der Waals surface area contributed by atoms with Crippen molar-refractivity contribution in [1.82, 2.24) is 10.6 Å². The Labute approximate surface area is 155 Å². The Morgan fingerprint density at radius 3 is 2.26 bits per heavy atom. The van der Waals surface area contributed by atoms with Crippen LogP contribution < -0.4 is 15.4 Å². The van der Waals surface area contributed by atoms with Crippen molar-refractivity contribution in [1.29, 1.82) is 0 Å². The molecular weight excluding hydrogens is 401 g/mol. The molecule has 2 N–H and O–H groups in total. The highest BCUT2D eigenvalue weighted by Crippen LogP contribution is 2.10. The van der Waals surface area contributed by atoms with E-state index < -0.39 is 0 Å². The number of benzene rings is 2. The molecule has 0 aliphatic heterocycles. The summed E-state index contributed by atoms with van der Waals surface area (Å²) in [5, 5.41) is 6.62. The van der Waals surface area contributed by atoms with Crippen molar-refractivity contribution in [3.05, 3.63) is 66.2 Å². The third-order valence-corrected chi connectivity index (χ3v) is 3.28. The van der Waals surface area contributed by atoms with Crippen LogP contribution in [0.15, 0.2) is 65.7 Å². The maximum absolute atomic E-state index is 5.65. The zero-order valence-corrected chi connectivity index (χ0v) is 15.9. The Bertz CT molecular complexity index is 575. The molecular formula is C18H24IN3O. The van der Waals surface area contributed by atoms with Gasteiger partial charge in [0.05, 0.1) is 12.6 Å². The summed E-state index contributed by atoms with van der Waals surface area (Å²) in [5.74, 6) is 1.65. The normalized spacial score (nSPS) is 12.0. The molecule has 4 nitrogen and oxygen atoms in total. The maximum atomic E-state index is 5.65. The van der Waals surface area contributed by atoms with E-state index in [2.05, 4.69) is 34.7 Å². The first-order valence-corrected chi connectivity index (χ1v) is 7.49. The minimum absolute atomic E-state index is 0. The molecule has 0 aliphatic carbocycles. The highest BCUT2D eigenvalue weighted by Gasteiger charge is 2.06. The van der Waals surface area contributed by atoms with Gasteiger partial charge in [-0.15, -0.1) is 24.0 Å². The average Bonchev–Trinajstić information content (AvgIpc) is 2.59. The zero-order chi connectivity index (χ0) is 15.6. The van der Waals surface area contributed by atoms with Crippen LogP contribution in [0.2, 0.25) is 0 Å². The van der Waals surface area contributed by atoms with E-state index >= 15 is 0 Å². The second-order valence-electron chi connectivity index (χ2n) is 4.94. The Balaban J connectivity index is 0.00000264. The molecule has 0 aliphatic rings. The van der Waals surface area contributed by atoms with Crippen molar-refractivity contribution in [2.75, 3.05) is 20.2 Å². The highest BCUT2D eigenvalue weighted by atomic mass is 127. The van der Waals surface area contributed by atoms with Gasteiger partial charge in [0, 0.05) is 7.05 Å². The van der Waals surface area contributed by atoms with Gasteiger partial charge in [-0.1, -0.05) is 48.5 Å². The van der Waals surface area contributed by atoms with Crippen LogP contribution in [0.4, 0.5) is 0 Å². The van der Waals surface area contributed by atoms with Crippen LogP contribution in [0.3, 0.4) is 0 Å².